The summed E-state index contributed by atoms with van der Waals surface area (Å²) in [5.41, 5.74) is -0.212. The van der Waals surface area contributed by atoms with Gasteiger partial charge in [0.25, 0.3) is 0 Å². The number of nitrogens with zero attached hydrogens (tertiary/aromatic N) is 1. The Labute approximate surface area is 60.9 Å². The third-order valence-corrected chi connectivity index (χ3v) is 0.937. The maximum Gasteiger partial charge on any atom is 0.0887 e. The van der Waals surface area contributed by atoms with Crippen molar-refractivity contribution in [1.82, 2.24) is 0 Å². The van der Waals surface area contributed by atoms with Gasteiger partial charge >= 0.3 is 0 Å². The van der Waals surface area contributed by atoms with Crippen LogP contribution < -0.4 is 0 Å². The highest BCUT2D eigenvalue weighted by Crippen LogP contribution is 2.06. The van der Waals surface area contributed by atoms with E-state index in [4.69, 9.17) is 4.74 Å². The highest BCUT2D eigenvalue weighted by atomic mass is 32.1. The molecule has 0 radical (unpaired) electrons. The molecule has 3 heteroatoms. The molecule has 0 atom stereocenters. The van der Waals surface area contributed by atoms with Gasteiger partial charge in [0.2, 0.25) is 0 Å². The number of isothiocyanates is 1. The zero-order valence-electron chi connectivity index (χ0n) is 5.97. The zero-order chi connectivity index (χ0) is 7.33. The monoisotopic (exact) mass is 145 g/mol. The highest BCUT2D eigenvalue weighted by Gasteiger charge is 2.13. The number of rotatable bonds is 3. The lowest BCUT2D eigenvalue weighted by Crippen LogP contribution is -2.22. The van der Waals surface area contributed by atoms with E-state index in [0.29, 0.717) is 6.61 Å². The fourth-order valence-electron chi connectivity index (χ4n) is 0.509. The average molecular weight is 145 g/mol. The van der Waals surface area contributed by atoms with Crippen molar-refractivity contribution >= 4 is 17.4 Å². The lowest BCUT2D eigenvalue weighted by molar-refractivity contribution is 0.151. The summed E-state index contributed by atoms with van der Waals surface area (Å²) >= 11 is 4.44. The van der Waals surface area contributed by atoms with E-state index in [1.54, 1.807) is 7.11 Å². The third kappa shape index (κ3) is 4.28. The van der Waals surface area contributed by atoms with Crippen molar-refractivity contribution in [1.29, 1.82) is 0 Å². The smallest absolute Gasteiger partial charge is 0.0887 e. The molecule has 0 bridgehead atoms. The first kappa shape index (κ1) is 8.76. The van der Waals surface area contributed by atoms with Gasteiger partial charge in [-0.15, -0.1) is 0 Å². The second-order valence-corrected chi connectivity index (χ2v) is 2.63. The quantitative estimate of drug-likeness (QED) is 0.443. The van der Waals surface area contributed by atoms with E-state index >= 15 is 0 Å². The molecular formula is C6H11NOS. The predicted molar refractivity (Wildman–Crippen MR) is 41.0 cm³/mol. The van der Waals surface area contributed by atoms with E-state index in [1.165, 1.54) is 0 Å². The maximum absolute atomic E-state index is 4.88. The molecule has 0 saturated heterocycles. The first-order valence-electron chi connectivity index (χ1n) is 2.70. The molecule has 9 heavy (non-hydrogen) atoms. The molecule has 0 rings (SSSR count). The second kappa shape index (κ2) is 3.72. The molecule has 0 aliphatic rings. The van der Waals surface area contributed by atoms with Crippen LogP contribution in [0.5, 0.6) is 0 Å². The number of ether oxygens (including phenoxy) is 1. The lowest BCUT2D eigenvalue weighted by atomic mass is 10.1. The molecule has 0 heterocycles. The normalized spacial score (nSPS) is 10.6. The molecule has 0 N–H and O–H groups in total. The molecule has 0 amide bonds. The van der Waals surface area contributed by atoms with Gasteiger partial charge in [0.05, 0.1) is 17.3 Å². The van der Waals surface area contributed by atoms with Crippen LogP contribution in [0.1, 0.15) is 13.8 Å². The number of hydrogen-bond donors (Lipinski definition) is 0. The number of methoxy groups -OCH3 is 1. The number of hydrogen-bond acceptors (Lipinski definition) is 3. The topological polar surface area (TPSA) is 21.6 Å². The number of thiocarbonyl (C=S) groups is 1. The molecule has 0 aliphatic carbocycles. The summed E-state index contributed by atoms with van der Waals surface area (Å²) < 4.78 is 4.88. The summed E-state index contributed by atoms with van der Waals surface area (Å²) in [5.74, 6) is 0. The van der Waals surface area contributed by atoms with Crippen molar-refractivity contribution in [3.05, 3.63) is 0 Å². The van der Waals surface area contributed by atoms with Crippen LogP contribution in [0.2, 0.25) is 0 Å². The molecule has 0 aliphatic heterocycles. The fraction of sp³-hybridized carbons (Fsp3) is 0.833. The van der Waals surface area contributed by atoms with Crippen LogP contribution in [-0.2, 0) is 4.74 Å². The molecular weight excluding hydrogens is 134 g/mol. The van der Waals surface area contributed by atoms with Crippen LogP contribution in [0.4, 0.5) is 0 Å². The first-order chi connectivity index (χ1) is 4.12. The van der Waals surface area contributed by atoms with Gasteiger partial charge in [-0.3, -0.25) is 0 Å². The van der Waals surface area contributed by atoms with E-state index in [0.717, 1.165) is 0 Å². The Morgan fingerprint density at radius 1 is 1.67 bits per heavy atom. The number of aliphatic imine (C=N–C) groups is 1. The molecule has 0 unspecified atom stereocenters. The van der Waals surface area contributed by atoms with Crippen LogP contribution >= 0.6 is 12.2 Å². The average Bonchev–Trinajstić information content (AvgIpc) is 1.64. The zero-order valence-corrected chi connectivity index (χ0v) is 6.79. The minimum Gasteiger partial charge on any atom is -0.382 e. The summed E-state index contributed by atoms with van der Waals surface area (Å²) in [6, 6.07) is 0. The summed E-state index contributed by atoms with van der Waals surface area (Å²) in [6.45, 7) is 4.46. The van der Waals surface area contributed by atoms with Crippen LogP contribution in [0.25, 0.3) is 0 Å². The molecule has 0 saturated carbocycles. The first-order valence-corrected chi connectivity index (χ1v) is 3.11. The van der Waals surface area contributed by atoms with Gasteiger partial charge in [0, 0.05) is 7.11 Å². The van der Waals surface area contributed by atoms with Crippen molar-refractivity contribution in [3.63, 3.8) is 0 Å². The summed E-state index contributed by atoms with van der Waals surface area (Å²) in [5, 5.41) is 2.32. The van der Waals surface area contributed by atoms with Crippen LogP contribution in [0, 0.1) is 0 Å². The van der Waals surface area contributed by atoms with Crippen molar-refractivity contribution in [3.8, 4) is 0 Å². The molecule has 0 aromatic carbocycles. The van der Waals surface area contributed by atoms with Gasteiger partial charge in [-0.25, -0.2) is 4.99 Å². The van der Waals surface area contributed by atoms with Gasteiger partial charge in [0.1, 0.15) is 0 Å². The van der Waals surface area contributed by atoms with Crippen molar-refractivity contribution in [2.45, 2.75) is 19.4 Å². The van der Waals surface area contributed by atoms with Gasteiger partial charge in [0.15, 0.2) is 0 Å². The molecule has 0 spiro atoms. The Bertz CT molecular complexity index is 127. The van der Waals surface area contributed by atoms with Gasteiger partial charge < -0.3 is 4.74 Å². The molecule has 0 fully saturated rings. The minimum atomic E-state index is -0.212. The molecule has 2 nitrogen and oxygen atoms in total. The molecule has 52 valence electrons. The van der Waals surface area contributed by atoms with E-state index in [1.807, 2.05) is 13.8 Å². The molecule has 0 aromatic heterocycles. The minimum absolute atomic E-state index is 0.212. The van der Waals surface area contributed by atoms with Crippen LogP contribution in [0.15, 0.2) is 4.99 Å². The maximum atomic E-state index is 4.88. The van der Waals surface area contributed by atoms with Crippen LogP contribution in [0.3, 0.4) is 0 Å². The Morgan fingerprint density at radius 3 is 2.56 bits per heavy atom. The Hall–Kier alpha value is -0.240. The summed E-state index contributed by atoms with van der Waals surface area (Å²) in [6.07, 6.45) is 0. The Morgan fingerprint density at radius 2 is 2.22 bits per heavy atom. The molecule has 0 aromatic rings. The second-order valence-electron chi connectivity index (χ2n) is 2.45. The fourth-order valence-corrected chi connectivity index (χ4v) is 0.756. The largest absolute Gasteiger partial charge is 0.382 e. The Balaban J connectivity index is 3.85. The van der Waals surface area contributed by atoms with Gasteiger partial charge in [-0.1, -0.05) is 0 Å². The van der Waals surface area contributed by atoms with Gasteiger partial charge in [-0.2, -0.15) is 0 Å². The van der Waals surface area contributed by atoms with Crippen LogP contribution in [-0.4, -0.2) is 24.4 Å². The van der Waals surface area contributed by atoms with E-state index < -0.39 is 0 Å². The lowest BCUT2D eigenvalue weighted by Gasteiger charge is -2.15. The Kier molecular flexibility index (Phi) is 3.62. The van der Waals surface area contributed by atoms with E-state index in [9.17, 15) is 0 Å². The van der Waals surface area contributed by atoms with Crippen molar-refractivity contribution < 1.29 is 4.74 Å². The highest BCUT2D eigenvalue weighted by molar-refractivity contribution is 7.78. The predicted octanol–water partition coefficient (Wildman–Crippen LogP) is 1.51. The van der Waals surface area contributed by atoms with Crippen molar-refractivity contribution in [2.75, 3.05) is 13.7 Å². The van der Waals surface area contributed by atoms with Crippen molar-refractivity contribution in [2.24, 2.45) is 4.99 Å². The summed E-state index contributed by atoms with van der Waals surface area (Å²) in [4.78, 5) is 3.89. The third-order valence-electron chi connectivity index (χ3n) is 0.846. The SMILES string of the molecule is COCC(C)(C)N=C=S. The van der Waals surface area contributed by atoms with Gasteiger partial charge in [-0.05, 0) is 26.1 Å². The van der Waals surface area contributed by atoms with E-state index in [-0.39, 0.29) is 5.54 Å². The summed E-state index contributed by atoms with van der Waals surface area (Å²) in [7, 11) is 1.64. The standard InChI is InChI=1S/C6H11NOS/c1-6(2,4-8-3)7-5-9/h4H2,1-3H3. The van der Waals surface area contributed by atoms with E-state index in [2.05, 4.69) is 22.4 Å².